The lowest BCUT2D eigenvalue weighted by Gasteiger charge is -2.18. The van der Waals surface area contributed by atoms with Gasteiger partial charge in [-0.25, -0.2) is 4.90 Å². The molecule has 0 radical (unpaired) electrons. The van der Waals surface area contributed by atoms with E-state index >= 15 is 0 Å². The van der Waals surface area contributed by atoms with Crippen LogP contribution in [0.3, 0.4) is 0 Å². The summed E-state index contributed by atoms with van der Waals surface area (Å²) in [6, 6.07) is 12.4. The molecule has 3 aromatic rings. The first-order valence-corrected chi connectivity index (χ1v) is 9.49. The second-order valence-electron chi connectivity index (χ2n) is 6.93. The van der Waals surface area contributed by atoms with E-state index in [-0.39, 0.29) is 18.2 Å². The summed E-state index contributed by atoms with van der Waals surface area (Å²) in [5.41, 5.74) is 2.65. The number of fused-ring (bicyclic) bond motifs is 1. The maximum Gasteiger partial charge on any atom is 0.251 e. The number of hydrogen-bond donors (Lipinski definition) is 2. The zero-order valence-electron chi connectivity index (χ0n) is 16.4. The average Bonchev–Trinajstić information content (AvgIpc) is 3.27. The van der Waals surface area contributed by atoms with Gasteiger partial charge in [0.15, 0.2) is 0 Å². The minimum absolute atomic E-state index is 0.137. The van der Waals surface area contributed by atoms with E-state index in [1.807, 2.05) is 24.4 Å². The lowest BCUT2D eigenvalue weighted by Crippen LogP contribution is -2.39. The van der Waals surface area contributed by atoms with Crippen molar-refractivity contribution in [1.29, 1.82) is 0 Å². The molecule has 29 heavy (non-hydrogen) atoms. The number of rotatable bonds is 7. The van der Waals surface area contributed by atoms with Gasteiger partial charge in [0.2, 0.25) is 5.91 Å². The van der Waals surface area contributed by atoms with Gasteiger partial charge in [0.25, 0.3) is 5.91 Å². The largest absolute Gasteiger partial charge is 0.497 e. The number of anilines is 1. The zero-order chi connectivity index (χ0) is 20.4. The number of nitrogens with zero attached hydrogens (tertiary/aromatic N) is 1. The number of ether oxygens (including phenoxy) is 2. The van der Waals surface area contributed by atoms with Crippen molar-refractivity contribution < 1.29 is 19.1 Å². The quantitative estimate of drug-likeness (QED) is 0.603. The number of imide groups is 1. The fourth-order valence-electron chi connectivity index (χ4n) is 3.73. The smallest absolute Gasteiger partial charge is 0.251 e. The number of methoxy groups -OCH3 is 2. The number of carbonyl (C=O) groups is 2. The number of aromatic amines is 1. The highest BCUT2D eigenvalue weighted by molar-refractivity contribution is 6.23. The van der Waals surface area contributed by atoms with E-state index in [1.165, 1.54) is 12.0 Å². The number of carbonyl (C=O) groups excluding carboxylic acids is 2. The Bertz CT molecular complexity index is 1060. The van der Waals surface area contributed by atoms with Crippen LogP contribution in [0.5, 0.6) is 11.5 Å². The van der Waals surface area contributed by atoms with E-state index in [1.54, 1.807) is 31.4 Å². The molecule has 1 aromatic heterocycles. The first-order valence-electron chi connectivity index (χ1n) is 9.49. The standard InChI is InChI=1S/C22H23N3O4/c1-28-15-7-8-17-16(11-15)14(13-24-17)9-10-23-18-12-21(26)25(22(18)27)19-5-3-4-6-20(19)29-2/h3-8,11,13,18,23-24H,9-10,12H2,1-2H3/t18-/m1/s1. The first-order chi connectivity index (χ1) is 14.1. The second kappa shape index (κ2) is 7.97. The molecule has 0 saturated carbocycles. The van der Waals surface area contributed by atoms with E-state index in [9.17, 15) is 9.59 Å². The molecule has 0 unspecified atom stereocenters. The first kappa shape index (κ1) is 19.0. The van der Waals surface area contributed by atoms with Crippen LogP contribution in [0.4, 0.5) is 5.69 Å². The molecule has 150 valence electrons. The van der Waals surface area contributed by atoms with Crippen LogP contribution < -0.4 is 19.7 Å². The Balaban J connectivity index is 1.43. The summed E-state index contributed by atoms with van der Waals surface area (Å²) in [4.78, 5) is 29.8. The SMILES string of the molecule is COc1ccc2[nH]cc(CCN[C@@H]3CC(=O)N(c4ccccc4OC)C3=O)c2c1. The van der Waals surface area contributed by atoms with E-state index < -0.39 is 6.04 Å². The predicted octanol–water partition coefficient (Wildman–Crippen LogP) is 2.65. The van der Waals surface area contributed by atoms with E-state index in [4.69, 9.17) is 9.47 Å². The molecule has 1 aliphatic rings. The van der Waals surface area contributed by atoms with E-state index in [2.05, 4.69) is 10.3 Å². The van der Waals surface area contributed by atoms with Gasteiger partial charge < -0.3 is 19.8 Å². The van der Waals surface area contributed by atoms with Gasteiger partial charge in [0.1, 0.15) is 11.5 Å². The molecule has 0 bridgehead atoms. The molecule has 0 spiro atoms. The molecule has 1 fully saturated rings. The Hall–Kier alpha value is -3.32. The van der Waals surface area contributed by atoms with Gasteiger partial charge in [0, 0.05) is 23.6 Å². The summed E-state index contributed by atoms with van der Waals surface area (Å²) in [5.74, 6) is 0.826. The maximum atomic E-state index is 12.8. The maximum absolute atomic E-state index is 12.8. The molecule has 2 heterocycles. The number of amides is 2. The van der Waals surface area contributed by atoms with Gasteiger partial charge in [-0.05, 0) is 42.3 Å². The number of hydrogen-bond acceptors (Lipinski definition) is 5. The molecule has 2 N–H and O–H groups in total. The van der Waals surface area contributed by atoms with Crippen LogP contribution in [0.15, 0.2) is 48.7 Å². The Morgan fingerprint density at radius 1 is 1.14 bits per heavy atom. The third-order valence-corrected chi connectivity index (χ3v) is 5.23. The highest BCUT2D eigenvalue weighted by atomic mass is 16.5. The fraction of sp³-hybridized carbons (Fsp3) is 0.273. The molecule has 2 amide bonds. The topological polar surface area (TPSA) is 83.7 Å². The molecular weight excluding hydrogens is 370 g/mol. The van der Waals surface area contributed by atoms with Crippen LogP contribution in [-0.4, -0.2) is 43.6 Å². The van der Waals surface area contributed by atoms with Crippen LogP contribution in [0.2, 0.25) is 0 Å². The predicted molar refractivity (Wildman–Crippen MR) is 110 cm³/mol. The third-order valence-electron chi connectivity index (χ3n) is 5.23. The van der Waals surface area contributed by atoms with Crippen molar-refractivity contribution in [1.82, 2.24) is 10.3 Å². The number of benzene rings is 2. The Morgan fingerprint density at radius 2 is 1.97 bits per heavy atom. The minimum Gasteiger partial charge on any atom is -0.497 e. The number of aromatic nitrogens is 1. The van der Waals surface area contributed by atoms with Gasteiger partial charge in [-0.15, -0.1) is 0 Å². The van der Waals surface area contributed by atoms with Gasteiger partial charge in [-0.1, -0.05) is 12.1 Å². The van der Waals surface area contributed by atoms with Crippen LogP contribution in [0.1, 0.15) is 12.0 Å². The van der Waals surface area contributed by atoms with E-state index in [0.717, 1.165) is 28.6 Å². The highest BCUT2D eigenvalue weighted by Crippen LogP contribution is 2.31. The third kappa shape index (κ3) is 3.56. The molecule has 1 aliphatic heterocycles. The fourth-order valence-corrected chi connectivity index (χ4v) is 3.73. The molecule has 0 aliphatic carbocycles. The molecule has 2 aromatic carbocycles. The van der Waals surface area contributed by atoms with Crippen molar-refractivity contribution in [3.05, 3.63) is 54.2 Å². The Morgan fingerprint density at radius 3 is 2.76 bits per heavy atom. The van der Waals surface area contributed by atoms with Crippen molar-refractivity contribution in [2.75, 3.05) is 25.7 Å². The normalized spacial score (nSPS) is 16.6. The van der Waals surface area contributed by atoms with Gasteiger partial charge in [-0.2, -0.15) is 0 Å². The van der Waals surface area contributed by atoms with Crippen molar-refractivity contribution in [2.45, 2.75) is 18.9 Å². The van der Waals surface area contributed by atoms with Crippen molar-refractivity contribution in [3.63, 3.8) is 0 Å². The summed E-state index contributed by atoms with van der Waals surface area (Å²) in [6.07, 6.45) is 2.83. The summed E-state index contributed by atoms with van der Waals surface area (Å²) in [7, 11) is 3.17. The number of nitrogens with one attached hydrogen (secondary N) is 2. The molecule has 7 nitrogen and oxygen atoms in total. The van der Waals surface area contributed by atoms with Crippen LogP contribution in [0.25, 0.3) is 10.9 Å². The molecule has 1 saturated heterocycles. The molecule has 4 rings (SSSR count). The van der Waals surface area contributed by atoms with Gasteiger partial charge in [0.05, 0.1) is 32.4 Å². The minimum atomic E-state index is -0.535. The highest BCUT2D eigenvalue weighted by Gasteiger charge is 2.40. The number of H-pyrrole nitrogens is 1. The summed E-state index contributed by atoms with van der Waals surface area (Å²) in [6.45, 7) is 0.577. The van der Waals surface area contributed by atoms with Crippen molar-refractivity contribution in [2.24, 2.45) is 0 Å². The average molecular weight is 393 g/mol. The summed E-state index contributed by atoms with van der Waals surface area (Å²) < 4.78 is 10.6. The van der Waals surface area contributed by atoms with Crippen LogP contribution in [-0.2, 0) is 16.0 Å². The van der Waals surface area contributed by atoms with Crippen molar-refractivity contribution >= 4 is 28.4 Å². The second-order valence-corrected chi connectivity index (χ2v) is 6.93. The number of para-hydroxylation sites is 2. The summed E-state index contributed by atoms with van der Waals surface area (Å²) >= 11 is 0. The Kier molecular flexibility index (Phi) is 5.22. The molecule has 7 heteroatoms. The van der Waals surface area contributed by atoms with Gasteiger partial charge in [-0.3, -0.25) is 9.59 Å². The summed E-state index contributed by atoms with van der Waals surface area (Å²) in [5, 5.41) is 4.33. The lowest BCUT2D eigenvalue weighted by atomic mass is 10.1. The monoisotopic (exact) mass is 393 g/mol. The van der Waals surface area contributed by atoms with Crippen molar-refractivity contribution in [3.8, 4) is 11.5 Å². The van der Waals surface area contributed by atoms with Gasteiger partial charge >= 0.3 is 0 Å². The van der Waals surface area contributed by atoms with E-state index in [0.29, 0.717) is 18.0 Å². The van der Waals surface area contributed by atoms with Crippen LogP contribution in [0, 0.1) is 0 Å². The molecule has 1 atom stereocenters. The lowest BCUT2D eigenvalue weighted by molar-refractivity contribution is -0.121. The van der Waals surface area contributed by atoms with Crippen LogP contribution >= 0.6 is 0 Å². The zero-order valence-corrected chi connectivity index (χ0v) is 16.4. The Labute approximate surface area is 168 Å². The molecular formula is C22H23N3O4.